The molecule has 7 heteroatoms. The molecule has 4 rings (SSSR count). The Balaban J connectivity index is 1.82. The number of methoxy groups -OCH3 is 1. The molecule has 0 amide bonds. The van der Waals surface area contributed by atoms with Crippen molar-refractivity contribution in [1.29, 1.82) is 0 Å². The number of carbonyl (C=O) groups is 1. The molecule has 0 radical (unpaired) electrons. The van der Waals surface area contributed by atoms with Crippen LogP contribution in [0.5, 0.6) is 17.2 Å². The van der Waals surface area contributed by atoms with Crippen molar-refractivity contribution in [3.8, 4) is 28.4 Å². The van der Waals surface area contributed by atoms with Gasteiger partial charge in [-0.05, 0) is 49.6 Å². The number of esters is 1. The first-order valence-electron chi connectivity index (χ1n) is 11.2. The summed E-state index contributed by atoms with van der Waals surface area (Å²) in [5, 5.41) is 0.462. The molecule has 1 aliphatic rings. The molecule has 7 nitrogen and oxygen atoms in total. The second-order valence-electron chi connectivity index (χ2n) is 8.06. The largest absolute Gasteiger partial charge is 0.490 e. The zero-order valence-electron chi connectivity index (χ0n) is 19.4. The maximum Gasteiger partial charge on any atom is 0.346 e. The van der Waals surface area contributed by atoms with Crippen LogP contribution in [0.3, 0.4) is 0 Å². The maximum atomic E-state index is 13.6. The smallest absolute Gasteiger partial charge is 0.346 e. The van der Waals surface area contributed by atoms with Gasteiger partial charge in [-0.25, -0.2) is 4.79 Å². The molecule has 0 N–H and O–H groups in total. The Bertz CT molecular complexity index is 1240. The molecule has 1 aliphatic heterocycles. The molecule has 3 aromatic rings. The number of fused-ring (bicyclic) bond motifs is 2. The van der Waals surface area contributed by atoms with Crippen LogP contribution in [-0.4, -0.2) is 32.4 Å². The summed E-state index contributed by atoms with van der Waals surface area (Å²) >= 11 is 0. The Morgan fingerprint density at radius 2 is 1.88 bits per heavy atom. The van der Waals surface area contributed by atoms with E-state index in [9.17, 15) is 9.59 Å². The van der Waals surface area contributed by atoms with Crippen molar-refractivity contribution in [1.82, 2.24) is 0 Å². The van der Waals surface area contributed by atoms with Gasteiger partial charge in [0.1, 0.15) is 17.1 Å². The van der Waals surface area contributed by atoms with Gasteiger partial charge in [0.25, 0.3) is 0 Å². The Morgan fingerprint density at radius 3 is 2.61 bits per heavy atom. The number of hydrogen-bond acceptors (Lipinski definition) is 7. The molecule has 0 spiro atoms. The molecule has 0 fully saturated rings. The van der Waals surface area contributed by atoms with Gasteiger partial charge in [-0.2, -0.15) is 0 Å². The van der Waals surface area contributed by atoms with E-state index >= 15 is 0 Å². The maximum absolute atomic E-state index is 13.6. The summed E-state index contributed by atoms with van der Waals surface area (Å²) in [6, 6.07) is 8.99. The number of ether oxygens (including phenoxy) is 4. The molecule has 1 atom stereocenters. The van der Waals surface area contributed by atoms with Gasteiger partial charge in [-0.1, -0.05) is 19.4 Å². The molecule has 174 valence electrons. The molecule has 0 saturated carbocycles. The van der Waals surface area contributed by atoms with Crippen molar-refractivity contribution >= 4 is 16.9 Å². The number of hydrogen-bond donors (Lipinski definition) is 0. The standard InChI is InChI=1S/C26H28O7/c1-5-7-17-12-19-22(14-21(17)33-16(3)26(28)29-4)32-15(2)24(25(19)27)18-8-9-20-23(13-18)31-11-6-10-30-20/h8-9,12-14,16H,5-7,10-11H2,1-4H3. The topological polar surface area (TPSA) is 84.2 Å². The number of carbonyl (C=O) groups excluding carboxylic acids is 1. The van der Waals surface area contributed by atoms with Crippen LogP contribution in [0.4, 0.5) is 0 Å². The average molecular weight is 453 g/mol. The summed E-state index contributed by atoms with van der Waals surface area (Å²) in [5.41, 5.74) is 2.30. The highest BCUT2D eigenvalue weighted by molar-refractivity contribution is 5.85. The summed E-state index contributed by atoms with van der Waals surface area (Å²) in [5.74, 6) is 1.81. The van der Waals surface area contributed by atoms with E-state index in [0.717, 1.165) is 18.4 Å². The minimum absolute atomic E-state index is 0.131. The van der Waals surface area contributed by atoms with E-state index in [4.69, 9.17) is 23.4 Å². The fourth-order valence-corrected chi connectivity index (χ4v) is 4.01. The van der Waals surface area contributed by atoms with E-state index in [1.165, 1.54) is 7.11 Å². The molecular formula is C26H28O7. The number of rotatable bonds is 6. The molecule has 0 saturated heterocycles. The monoisotopic (exact) mass is 452 g/mol. The highest BCUT2D eigenvalue weighted by atomic mass is 16.6. The summed E-state index contributed by atoms with van der Waals surface area (Å²) in [7, 11) is 1.32. The fraction of sp³-hybridized carbons (Fsp3) is 0.385. The fourth-order valence-electron chi connectivity index (χ4n) is 4.01. The highest BCUT2D eigenvalue weighted by Crippen LogP contribution is 2.36. The van der Waals surface area contributed by atoms with Crippen LogP contribution in [0.1, 0.15) is 38.0 Å². The van der Waals surface area contributed by atoms with Gasteiger partial charge in [-0.15, -0.1) is 0 Å². The summed E-state index contributed by atoms with van der Waals surface area (Å²) in [6.07, 6.45) is 1.56. The van der Waals surface area contributed by atoms with Gasteiger partial charge in [0.05, 0.1) is 31.3 Å². The van der Waals surface area contributed by atoms with Gasteiger partial charge >= 0.3 is 5.97 Å². The lowest BCUT2D eigenvalue weighted by molar-refractivity contribution is -0.147. The Labute approximate surface area is 192 Å². The van der Waals surface area contributed by atoms with Crippen molar-refractivity contribution in [2.75, 3.05) is 20.3 Å². The molecule has 2 heterocycles. The average Bonchev–Trinajstić information content (AvgIpc) is 3.04. The minimum Gasteiger partial charge on any atom is -0.490 e. The van der Waals surface area contributed by atoms with Crippen LogP contribution >= 0.6 is 0 Å². The Hall–Kier alpha value is -3.48. The molecule has 2 aromatic carbocycles. The Morgan fingerprint density at radius 1 is 1.12 bits per heavy atom. The van der Waals surface area contributed by atoms with E-state index in [-0.39, 0.29) is 5.43 Å². The van der Waals surface area contributed by atoms with Crippen LogP contribution < -0.4 is 19.6 Å². The number of benzene rings is 2. The summed E-state index contributed by atoms with van der Waals surface area (Å²) in [6.45, 7) is 6.59. The second-order valence-corrected chi connectivity index (χ2v) is 8.06. The van der Waals surface area contributed by atoms with Crippen LogP contribution in [0.15, 0.2) is 39.5 Å². The first kappa shape index (κ1) is 22.7. The lowest BCUT2D eigenvalue weighted by Gasteiger charge is -2.17. The van der Waals surface area contributed by atoms with Crippen molar-refractivity contribution < 1.29 is 28.2 Å². The predicted octanol–water partition coefficient (Wildman–Crippen LogP) is 4.82. The third-order valence-corrected chi connectivity index (χ3v) is 5.64. The predicted molar refractivity (Wildman–Crippen MR) is 124 cm³/mol. The van der Waals surface area contributed by atoms with E-state index < -0.39 is 12.1 Å². The van der Waals surface area contributed by atoms with E-state index in [0.29, 0.717) is 64.7 Å². The third-order valence-electron chi connectivity index (χ3n) is 5.64. The Kier molecular flexibility index (Phi) is 6.58. The lowest BCUT2D eigenvalue weighted by Crippen LogP contribution is -2.25. The van der Waals surface area contributed by atoms with Crippen LogP contribution in [-0.2, 0) is 16.0 Å². The molecule has 0 aliphatic carbocycles. The van der Waals surface area contributed by atoms with Crippen molar-refractivity contribution in [3.63, 3.8) is 0 Å². The van der Waals surface area contributed by atoms with Gasteiger partial charge in [0, 0.05) is 12.5 Å². The SMILES string of the molecule is CCCc1cc2c(=O)c(-c3ccc4c(c3)OCCCO4)c(C)oc2cc1OC(C)C(=O)OC. The zero-order valence-corrected chi connectivity index (χ0v) is 19.4. The molecule has 33 heavy (non-hydrogen) atoms. The first-order valence-corrected chi connectivity index (χ1v) is 11.2. The quantitative estimate of drug-likeness (QED) is 0.496. The van der Waals surface area contributed by atoms with Crippen LogP contribution in [0, 0.1) is 6.92 Å². The number of aryl methyl sites for hydroxylation is 2. The van der Waals surface area contributed by atoms with Crippen molar-refractivity contribution in [2.24, 2.45) is 0 Å². The van der Waals surface area contributed by atoms with Gasteiger partial charge < -0.3 is 23.4 Å². The van der Waals surface area contributed by atoms with E-state index in [2.05, 4.69) is 0 Å². The van der Waals surface area contributed by atoms with Crippen LogP contribution in [0.2, 0.25) is 0 Å². The third kappa shape index (κ3) is 4.53. The van der Waals surface area contributed by atoms with E-state index in [1.807, 2.05) is 25.1 Å². The normalized spacial score (nSPS) is 13.9. The van der Waals surface area contributed by atoms with Gasteiger partial charge in [0.2, 0.25) is 5.43 Å². The van der Waals surface area contributed by atoms with Crippen LogP contribution in [0.25, 0.3) is 22.1 Å². The summed E-state index contributed by atoms with van der Waals surface area (Å²) in [4.78, 5) is 25.4. The lowest BCUT2D eigenvalue weighted by atomic mass is 9.99. The van der Waals surface area contributed by atoms with Gasteiger partial charge in [-0.3, -0.25) is 4.79 Å². The minimum atomic E-state index is -0.781. The van der Waals surface area contributed by atoms with Crippen molar-refractivity contribution in [2.45, 2.75) is 46.1 Å². The molecule has 1 aromatic heterocycles. The zero-order chi connectivity index (χ0) is 23.5. The van der Waals surface area contributed by atoms with Crippen molar-refractivity contribution in [3.05, 3.63) is 51.9 Å². The first-order chi connectivity index (χ1) is 15.9. The second kappa shape index (κ2) is 9.57. The van der Waals surface area contributed by atoms with Gasteiger partial charge in [0.15, 0.2) is 17.6 Å². The van der Waals surface area contributed by atoms with E-state index in [1.54, 1.807) is 26.0 Å². The molecule has 1 unspecified atom stereocenters. The molecule has 0 bridgehead atoms. The highest BCUT2D eigenvalue weighted by Gasteiger charge is 2.21. The molecular weight excluding hydrogens is 424 g/mol. The summed E-state index contributed by atoms with van der Waals surface area (Å²) < 4.78 is 28.2.